The summed E-state index contributed by atoms with van der Waals surface area (Å²) < 4.78 is 59.0. The second kappa shape index (κ2) is 8.09. The molecule has 1 aliphatic heterocycles. The number of nitrogens with zero attached hydrogens (tertiary/aromatic N) is 2. The lowest BCUT2D eigenvalue weighted by molar-refractivity contribution is -0.119. The summed E-state index contributed by atoms with van der Waals surface area (Å²) >= 11 is 0. The van der Waals surface area contributed by atoms with Crippen LogP contribution in [0.4, 0.5) is 5.69 Å². The minimum atomic E-state index is -4.08. The number of rotatable bonds is 7. The van der Waals surface area contributed by atoms with Crippen molar-refractivity contribution < 1.29 is 26.4 Å². The number of aromatic nitrogens is 1. The summed E-state index contributed by atoms with van der Waals surface area (Å²) in [6, 6.07) is 8.95. The second-order valence-corrected chi connectivity index (χ2v) is 10.1. The molecule has 0 aliphatic carbocycles. The Balaban J connectivity index is 2.00. The third-order valence-electron chi connectivity index (χ3n) is 4.28. The number of pyridine rings is 1. The largest absolute Gasteiger partial charge is 0.492 e. The number of amides is 1. The zero-order valence-electron chi connectivity index (χ0n) is 15.9. The molecule has 1 fully saturated rings. The Morgan fingerprint density at radius 1 is 1.28 bits per heavy atom. The van der Waals surface area contributed by atoms with Crippen LogP contribution in [0.3, 0.4) is 0 Å². The summed E-state index contributed by atoms with van der Waals surface area (Å²) in [7, 11) is -7.94. The van der Waals surface area contributed by atoms with E-state index >= 15 is 0 Å². The van der Waals surface area contributed by atoms with Gasteiger partial charge in [0.25, 0.3) is 0 Å². The number of hydrogen-bond donors (Lipinski definition) is 1. The Bertz CT molecular complexity index is 1120. The van der Waals surface area contributed by atoms with E-state index in [0.29, 0.717) is 10.00 Å². The first-order valence-corrected chi connectivity index (χ1v) is 12.0. The first kappa shape index (κ1) is 21.2. The zero-order valence-corrected chi connectivity index (χ0v) is 17.5. The first-order chi connectivity index (χ1) is 13.7. The van der Waals surface area contributed by atoms with Crippen molar-refractivity contribution in [3.05, 3.63) is 48.3 Å². The summed E-state index contributed by atoms with van der Waals surface area (Å²) in [5.74, 6) is -1.56. The van der Waals surface area contributed by atoms with Crippen LogP contribution in [-0.2, 0) is 31.4 Å². The van der Waals surface area contributed by atoms with Gasteiger partial charge in [0.2, 0.25) is 26.0 Å². The van der Waals surface area contributed by atoms with Crippen molar-refractivity contribution in [3.63, 3.8) is 0 Å². The topological polar surface area (TPSA) is 123 Å². The molecule has 3 rings (SSSR count). The molecule has 1 N–H and O–H groups in total. The van der Waals surface area contributed by atoms with Gasteiger partial charge >= 0.3 is 0 Å². The van der Waals surface area contributed by atoms with Crippen LogP contribution in [0.5, 0.6) is 5.75 Å². The molecule has 2 heterocycles. The lowest BCUT2D eigenvalue weighted by Gasteiger charge is -2.18. The lowest BCUT2D eigenvalue weighted by Crippen LogP contribution is -2.31. The van der Waals surface area contributed by atoms with E-state index in [0.717, 1.165) is 6.07 Å². The van der Waals surface area contributed by atoms with Gasteiger partial charge < -0.3 is 4.74 Å². The lowest BCUT2D eigenvalue weighted by atomic mass is 10.2. The molecule has 156 valence electrons. The first-order valence-electron chi connectivity index (χ1n) is 8.89. The van der Waals surface area contributed by atoms with E-state index < -0.39 is 31.9 Å². The predicted octanol–water partition coefficient (Wildman–Crippen LogP) is 1.27. The summed E-state index contributed by atoms with van der Waals surface area (Å²) in [6.45, 7) is 3.36. The third-order valence-corrected chi connectivity index (χ3v) is 7.57. The number of nitrogens with one attached hydrogen (secondary N) is 1. The fourth-order valence-electron chi connectivity index (χ4n) is 2.94. The zero-order chi connectivity index (χ0) is 21.2. The van der Waals surface area contributed by atoms with E-state index in [2.05, 4.69) is 9.71 Å². The van der Waals surface area contributed by atoms with E-state index in [1.807, 2.05) is 0 Å². The SMILES string of the molecule is CCOc1ccc(N2C(=O)[C@@H](C)CS2(=O)=O)cc1S(=O)(=O)NCc1ccccn1. The molecular weight excluding hydrogens is 418 g/mol. The Kier molecular flexibility index (Phi) is 5.92. The molecule has 11 heteroatoms. The fraction of sp³-hybridized carbons (Fsp3) is 0.333. The molecular formula is C18H21N3O6S2. The van der Waals surface area contributed by atoms with Crippen molar-refractivity contribution in [3.8, 4) is 5.75 Å². The molecule has 0 radical (unpaired) electrons. The van der Waals surface area contributed by atoms with Gasteiger partial charge in [-0.1, -0.05) is 13.0 Å². The van der Waals surface area contributed by atoms with Crippen LogP contribution in [0.2, 0.25) is 0 Å². The molecule has 0 saturated carbocycles. The van der Waals surface area contributed by atoms with Crippen LogP contribution in [0.15, 0.2) is 47.5 Å². The molecule has 2 aromatic rings. The van der Waals surface area contributed by atoms with Crippen molar-refractivity contribution >= 4 is 31.6 Å². The summed E-state index contributed by atoms with van der Waals surface area (Å²) in [6.07, 6.45) is 1.54. The molecule has 9 nitrogen and oxygen atoms in total. The fourth-order valence-corrected chi connectivity index (χ4v) is 5.92. The highest BCUT2D eigenvalue weighted by atomic mass is 32.2. The molecule has 1 atom stereocenters. The monoisotopic (exact) mass is 439 g/mol. The quantitative estimate of drug-likeness (QED) is 0.689. The van der Waals surface area contributed by atoms with Crippen LogP contribution in [0.1, 0.15) is 19.5 Å². The molecule has 0 bridgehead atoms. The van der Waals surface area contributed by atoms with Gasteiger partial charge in [0.15, 0.2) is 0 Å². The second-order valence-electron chi connectivity index (χ2n) is 6.49. The van der Waals surface area contributed by atoms with Crippen molar-refractivity contribution in [2.45, 2.75) is 25.3 Å². The molecule has 1 saturated heterocycles. The van der Waals surface area contributed by atoms with Crippen molar-refractivity contribution in [1.82, 2.24) is 9.71 Å². The Labute approximate surface area is 169 Å². The number of carbonyl (C=O) groups excluding carboxylic acids is 1. The minimum absolute atomic E-state index is 0.0407. The molecule has 0 spiro atoms. The maximum Gasteiger partial charge on any atom is 0.244 e. The molecule has 29 heavy (non-hydrogen) atoms. The normalized spacial score (nSPS) is 18.8. The molecule has 1 aromatic heterocycles. The van der Waals surface area contributed by atoms with Gasteiger partial charge in [0.1, 0.15) is 10.6 Å². The van der Waals surface area contributed by atoms with Crippen LogP contribution in [0.25, 0.3) is 0 Å². The Morgan fingerprint density at radius 3 is 2.62 bits per heavy atom. The number of sulfonamides is 2. The van der Waals surface area contributed by atoms with E-state index in [9.17, 15) is 21.6 Å². The van der Waals surface area contributed by atoms with Gasteiger partial charge in [-0.2, -0.15) is 0 Å². The molecule has 1 aromatic carbocycles. The molecule has 1 amide bonds. The number of anilines is 1. The standard InChI is InChI=1S/C18H21N3O6S2/c1-3-27-16-8-7-15(21-18(22)13(2)12-28(21,23)24)10-17(16)29(25,26)20-11-14-6-4-5-9-19-14/h4-10,13,20H,3,11-12H2,1-2H3/t13-/m0/s1. The average Bonchev–Trinajstić information content (AvgIpc) is 2.88. The van der Waals surface area contributed by atoms with Crippen LogP contribution in [-0.4, -0.2) is 40.1 Å². The van der Waals surface area contributed by atoms with E-state index in [-0.39, 0.29) is 35.2 Å². The third kappa shape index (κ3) is 4.41. The number of hydrogen-bond acceptors (Lipinski definition) is 7. The van der Waals surface area contributed by atoms with Gasteiger partial charge in [-0.3, -0.25) is 9.78 Å². The Morgan fingerprint density at radius 2 is 2.03 bits per heavy atom. The summed E-state index contributed by atoms with van der Waals surface area (Å²) in [5, 5.41) is 0. The minimum Gasteiger partial charge on any atom is -0.492 e. The Hall–Kier alpha value is -2.50. The number of benzene rings is 1. The van der Waals surface area contributed by atoms with E-state index in [1.165, 1.54) is 19.1 Å². The summed E-state index contributed by atoms with van der Waals surface area (Å²) in [4.78, 5) is 16.2. The predicted molar refractivity (Wildman–Crippen MR) is 106 cm³/mol. The molecule has 1 aliphatic rings. The maximum absolute atomic E-state index is 12.9. The van der Waals surface area contributed by atoms with Crippen molar-refractivity contribution in [2.24, 2.45) is 5.92 Å². The van der Waals surface area contributed by atoms with Crippen LogP contribution >= 0.6 is 0 Å². The molecule has 0 unspecified atom stereocenters. The average molecular weight is 440 g/mol. The highest BCUT2D eigenvalue weighted by molar-refractivity contribution is 7.94. The van der Waals surface area contributed by atoms with Gasteiger partial charge in [-0.05, 0) is 37.3 Å². The number of ether oxygens (including phenoxy) is 1. The van der Waals surface area contributed by atoms with E-state index in [4.69, 9.17) is 4.74 Å². The van der Waals surface area contributed by atoms with Gasteiger partial charge in [-0.25, -0.2) is 25.9 Å². The van der Waals surface area contributed by atoms with Gasteiger partial charge in [0.05, 0.1) is 36.2 Å². The smallest absolute Gasteiger partial charge is 0.244 e. The van der Waals surface area contributed by atoms with Crippen molar-refractivity contribution in [1.29, 1.82) is 0 Å². The van der Waals surface area contributed by atoms with E-state index in [1.54, 1.807) is 31.3 Å². The van der Waals surface area contributed by atoms with Crippen LogP contribution in [0, 0.1) is 5.92 Å². The van der Waals surface area contributed by atoms with Crippen LogP contribution < -0.4 is 13.8 Å². The van der Waals surface area contributed by atoms with Crippen molar-refractivity contribution in [2.75, 3.05) is 16.7 Å². The highest BCUT2D eigenvalue weighted by Crippen LogP contribution is 2.34. The maximum atomic E-state index is 12.9. The highest BCUT2D eigenvalue weighted by Gasteiger charge is 2.42. The summed E-state index contributed by atoms with van der Waals surface area (Å²) in [5.41, 5.74) is 0.470. The van der Waals surface area contributed by atoms with Gasteiger partial charge in [-0.15, -0.1) is 0 Å². The number of carbonyl (C=O) groups is 1. The van der Waals surface area contributed by atoms with Gasteiger partial charge in [0, 0.05) is 6.20 Å².